The smallest absolute Gasteiger partial charge is 0.303 e. The fourth-order valence-corrected chi connectivity index (χ4v) is 3.49. The molecule has 1 aromatic carbocycles. The first kappa shape index (κ1) is 20.9. The Balaban J connectivity index is 2.51. The molecule has 1 aromatic rings. The summed E-state index contributed by atoms with van der Waals surface area (Å²) in [4.78, 5) is 22.3. The van der Waals surface area contributed by atoms with Crippen LogP contribution in [0, 0.1) is 0 Å². The maximum absolute atomic E-state index is 12.0. The van der Waals surface area contributed by atoms with Crippen LogP contribution in [0.3, 0.4) is 0 Å². The molecule has 0 aliphatic rings. The van der Waals surface area contributed by atoms with Crippen LogP contribution in [0.1, 0.15) is 26.7 Å². The van der Waals surface area contributed by atoms with E-state index in [2.05, 4.69) is 5.32 Å². The molecule has 25 heavy (non-hydrogen) atoms. The van der Waals surface area contributed by atoms with Crippen molar-refractivity contribution in [3.8, 4) is 5.75 Å². The largest absolute Gasteiger partial charge is 0.494 e. The van der Waals surface area contributed by atoms with Gasteiger partial charge in [-0.25, -0.2) is 12.7 Å². The third-order valence-electron chi connectivity index (χ3n) is 3.35. The minimum atomic E-state index is -3.62. The van der Waals surface area contributed by atoms with Crippen molar-refractivity contribution in [3.63, 3.8) is 0 Å². The maximum atomic E-state index is 12.0. The van der Waals surface area contributed by atoms with Crippen molar-refractivity contribution in [2.75, 3.05) is 30.8 Å². The van der Waals surface area contributed by atoms with E-state index in [4.69, 9.17) is 9.84 Å². The van der Waals surface area contributed by atoms with Crippen LogP contribution in [-0.4, -0.2) is 55.2 Å². The van der Waals surface area contributed by atoms with E-state index in [0.29, 0.717) is 30.9 Å². The highest BCUT2D eigenvalue weighted by Gasteiger charge is 2.22. The van der Waals surface area contributed by atoms with Crippen LogP contribution in [0.4, 0.5) is 5.69 Å². The fraction of sp³-hybridized carbons (Fsp3) is 0.500. The summed E-state index contributed by atoms with van der Waals surface area (Å²) < 4.78 is 30.7. The van der Waals surface area contributed by atoms with Crippen LogP contribution in [0.25, 0.3) is 0 Å². The molecule has 9 heteroatoms. The number of hydrogen-bond donors (Lipinski definition) is 2. The predicted molar refractivity (Wildman–Crippen MR) is 94.1 cm³/mol. The molecular formula is C16H24N2O6S. The topological polar surface area (TPSA) is 113 Å². The minimum absolute atomic E-state index is 0.0369. The lowest BCUT2D eigenvalue weighted by Gasteiger charge is -2.18. The number of nitrogens with zero attached hydrogens (tertiary/aromatic N) is 1. The summed E-state index contributed by atoms with van der Waals surface area (Å²) in [6, 6.07) is 6.42. The highest BCUT2D eigenvalue weighted by molar-refractivity contribution is 7.89. The van der Waals surface area contributed by atoms with Crippen LogP contribution in [-0.2, 0) is 19.6 Å². The number of carbonyl (C=O) groups is 2. The van der Waals surface area contributed by atoms with Crippen molar-refractivity contribution in [2.24, 2.45) is 0 Å². The molecule has 0 aliphatic heterocycles. The molecule has 140 valence electrons. The minimum Gasteiger partial charge on any atom is -0.494 e. The number of nitrogens with one attached hydrogen (secondary N) is 1. The quantitative estimate of drug-likeness (QED) is 0.570. The highest BCUT2D eigenvalue weighted by atomic mass is 32.2. The number of carbonyl (C=O) groups excluding carboxylic acids is 1. The molecule has 8 nitrogen and oxygen atoms in total. The van der Waals surface area contributed by atoms with E-state index in [1.165, 1.54) is 4.31 Å². The average Bonchev–Trinajstić information content (AvgIpc) is 2.53. The Hall–Kier alpha value is -2.13. The molecule has 0 spiro atoms. The van der Waals surface area contributed by atoms with Gasteiger partial charge in [0.05, 0.1) is 6.61 Å². The normalized spacial score (nSPS) is 11.3. The van der Waals surface area contributed by atoms with Gasteiger partial charge in [-0.05, 0) is 30.7 Å². The Kier molecular flexibility index (Phi) is 8.36. The van der Waals surface area contributed by atoms with Gasteiger partial charge >= 0.3 is 5.97 Å². The molecule has 2 N–H and O–H groups in total. The number of aliphatic carboxylic acids is 1. The first-order valence-electron chi connectivity index (χ1n) is 8.00. The van der Waals surface area contributed by atoms with Gasteiger partial charge in [0, 0.05) is 25.2 Å². The third kappa shape index (κ3) is 7.53. The van der Waals surface area contributed by atoms with Crippen molar-refractivity contribution < 1.29 is 27.9 Å². The number of carboxylic acids is 1. The van der Waals surface area contributed by atoms with Crippen molar-refractivity contribution in [1.29, 1.82) is 0 Å². The lowest BCUT2D eigenvalue weighted by Crippen LogP contribution is -2.36. The van der Waals surface area contributed by atoms with Gasteiger partial charge in [-0.1, -0.05) is 13.8 Å². The van der Waals surface area contributed by atoms with Gasteiger partial charge in [-0.15, -0.1) is 0 Å². The predicted octanol–water partition coefficient (Wildman–Crippen LogP) is 1.54. The summed E-state index contributed by atoms with van der Waals surface area (Å²) in [5.41, 5.74) is 0.456. The first-order chi connectivity index (χ1) is 11.8. The van der Waals surface area contributed by atoms with Crippen LogP contribution < -0.4 is 10.1 Å². The van der Waals surface area contributed by atoms with Gasteiger partial charge in [0.25, 0.3) is 0 Å². The second-order valence-corrected chi connectivity index (χ2v) is 7.23. The molecule has 0 atom stereocenters. The molecule has 0 unspecified atom stereocenters. The van der Waals surface area contributed by atoms with Crippen LogP contribution in [0.5, 0.6) is 5.75 Å². The number of rotatable bonds is 11. The van der Waals surface area contributed by atoms with Gasteiger partial charge < -0.3 is 15.2 Å². The van der Waals surface area contributed by atoms with E-state index in [9.17, 15) is 18.0 Å². The number of amides is 1. The number of ether oxygens (including phenoxy) is 1. The lowest BCUT2D eigenvalue weighted by molar-refractivity contribution is -0.137. The third-order valence-corrected chi connectivity index (χ3v) is 5.28. The van der Waals surface area contributed by atoms with E-state index < -0.39 is 27.7 Å². The van der Waals surface area contributed by atoms with Crippen molar-refractivity contribution >= 4 is 27.6 Å². The Morgan fingerprint density at radius 2 is 1.76 bits per heavy atom. The second-order valence-electron chi connectivity index (χ2n) is 5.26. The zero-order valence-corrected chi connectivity index (χ0v) is 15.2. The van der Waals surface area contributed by atoms with E-state index in [1.807, 2.05) is 0 Å². The van der Waals surface area contributed by atoms with Gasteiger partial charge in [-0.3, -0.25) is 9.59 Å². The second kappa shape index (κ2) is 10.00. The zero-order valence-electron chi connectivity index (χ0n) is 14.4. The van der Waals surface area contributed by atoms with E-state index >= 15 is 0 Å². The molecule has 0 heterocycles. The number of sulfonamides is 1. The van der Waals surface area contributed by atoms with Crippen LogP contribution in [0.15, 0.2) is 24.3 Å². The number of anilines is 1. The summed E-state index contributed by atoms with van der Waals surface area (Å²) in [6.07, 6.45) is 0.437. The summed E-state index contributed by atoms with van der Waals surface area (Å²) in [5.74, 6) is -1.55. The first-order valence-corrected chi connectivity index (χ1v) is 9.61. The molecule has 1 rings (SSSR count). The molecule has 0 aromatic heterocycles. The monoisotopic (exact) mass is 372 g/mol. The number of hydrogen-bond acceptors (Lipinski definition) is 5. The standard InChI is InChI=1S/C16H24N2O6S/c1-3-18(4-2)25(22,23)12-15(19)17-13-7-9-14(10-8-13)24-11-5-6-16(20)21/h7-10H,3-6,11-12H2,1-2H3,(H,17,19)(H,20,21). The van der Waals surface area contributed by atoms with E-state index in [0.717, 1.165) is 0 Å². The van der Waals surface area contributed by atoms with Crippen LogP contribution in [0.2, 0.25) is 0 Å². The molecule has 0 aliphatic carbocycles. The van der Waals surface area contributed by atoms with Crippen molar-refractivity contribution in [3.05, 3.63) is 24.3 Å². The Morgan fingerprint density at radius 3 is 2.28 bits per heavy atom. The molecule has 0 saturated carbocycles. The SMILES string of the molecule is CCN(CC)S(=O)(=O)CC(=O)Nc1ccc(OCCCC(=O)O)cc1. The fourth-order valence-electron chi connectivity index (χ4n) is 2.12. The molecular weight excluding hydrogens is 348 g/mol. The lowest BCUT2D eigenvalue weighted by atomic mass is 10.3. The van der Waals surface area contributed by atoms with E-state index in [-0.39, 0.29) is 13.0 Å². The summed E-state index contributed by atoms with van der Waals surface area (Å²) in [7, 11) is -3.62. The highest BCUT2D eigenvalue weighted by Crippen LogP contribution is 2.16. The summed E-state index contributed by atoms with van der Waals surface area (Å²) >= 11 is 0. The van der Waals surface area contributed by atoms with Gasteiger partial charge in [-0.2, -0.15) is 0 Å². The Bertz CT molecular complexity index is 668. The molecule has 1 amide bonds. The van der Waals surface area contributed by atoms with Crippen molar-refractivity contribution in [1.82, 2.24) is 4.31 Å². The number of carboxylic acid groups (broad SMARTS) is 1. The van der Waals surface area contributed by atoms with Gasteiger partial charge in [0.15, 0.2) is 0 Å². The van der Waals surface area contributed by atoms with Crippen molar-refractivity contribution in [2.45, 2.75) is 26.7 Å². The number of benzene rings is 1. The molecule has 0 saturated heterocycles. The Morgan fingerprint density at radius 1 is 1.16 bits per heavy atom. The molecule has 0 bridgehead atoms. The van der Waals surface area contributed by atoms with Crippen LogP contribution >= 0.6 is 0 Å². The van der Waals surface area contributed by atoms with Gasteiger partial charge in [0.1, 0.15) is 11.5 Å². The van der Waals surface area contributed by atoms with Gasteiger partial charge in [0.2, 0.25) is 15.9 Å². The average molecular weight is 372 g/mol. The summed E-state index contributed by atoms with van der Waals surface area (Å²) in [5, 5.41) is 11.1. The maximum Gasteiger partial charge on any atom is 0.303 e. The molecule has 0 radical (unpaired) electrons. The summed E-state index contributed by atoms with van der Waals surface area (Å²) in [6.45, 7) is 4.35. The molecule has 0 fully saturated rings. The Labute approximate surface area is 147 Å². The van der Waals surface area contributed by atoms with E-state index in [1.54, 1.807) is 38.1 Å². The zero-order chi connectivity index (χ0) is 18.9.